The highest BCUT2D eigenvalue weighted by atomic mass is 16.5. The number of benzene rings is 1. The molecule has 0 amide bonds. The van der Waals surface area contributed by atoms with E-state index >= 15 is 0 Å². The highest BCUT2D eigenvalue weighted by Crippen LogP contribution is 2.38. The number of nitrogens with one attached hydrogen (secondary N) is 1. The quantitative estimate of drug-likeness (QED) is 0.741. The molecule has 4 nitrogen and oxygen atoms in total. The molecule has 1 aromatic carbocycles. The molecular weight excluding hydrogens is 254 g/mol. The lowest BCUT2D eigenvalue weighted by molar-refractivity contribution is 0.323. The minimum absolute atomic E-state index is 0.0825. The van der Waals surface area contributed by atoms with Crippen LogP contribution in [0.3, 0.4) is 0 Å². The predicted molar refractivity (Wildman–Crippen MR) is 80.5 cm³/mol. The normalized spacial score (nSPS) is 11.6. The summed E-state index contributed by atoms with van der Waals surface area (Å²) in [7, 11) is 4.81. The monoisotopic (exact) mass is 277 g/mol. The van der Waals surface area contributed by atoms with Crippen molar-refractivity contribution in [3.05, 3.63) is 17.7 Å². The molecule has 0 aliphatic carbocycles. The Bertz CT molecular complexity index is 440. The van der Waals surface area contributed by atoms with E-state index < -0.39 is 0 Å². The zero-order chi connectivity index (χ0) is 15.0. The first-order valence-corrected chi connectivity index (χ1v) is 6.68. The van der Waals surface area contributed by atoms with Gasteiger partial charge in [0.05, 0.1) is 27.4 Å². The van der Waals surface area contributed by atoms with Crippen LogP contribution in [-0.2, 0) is 6.54 Å². The van der Waals surface area contributed by atoms with Crippen molar-refractivity contribution in [3.8, 4) is 29.6 Å². The Morgan fingerprint density at radius 2 is 1.75 bits per heavy atom. The third kappa shape index (κ3) is 4.07. The van der Waals surface area contributed by atoms with E-state index in [-0.39, 0.29) is 6.04 Å². The predicted octanol–water partition coefficient (Wildman–Crippen LogP) is 2.60. The van der Waals surface area contributed by atoms with Crippen LogP contribution >= 0.6 is 0 Å². The van der Waals surface area contributed by atoms with E-state index in [4.69, 9.17) is 20.6 Å². The second-order valence-corrected chi connectivity index (χ2v) is 4.42. The first-order chi connectivity index (χ1) is 9.69. The molecule has 4 heteroatoms. The van der Waals surface area contributed by atoms with Gasteiger partial charge >= 0.3 is 0 Å². The van der Waals surface area contributed by atoms with Crippen LogP contribution in [0.1, 0.15) is 25.3 Å². The van der Waals surface area contributed by atoms with Crippen molar-refractivity contribution in [1.29, 1.82) is 0 Å². The first kappa shape index (κ1) is 16.2. The molecule has 0 aliphatic heterocycles. The zero-order valence-electron chi connectivity index (χ0n) is 12.7. The fraction of sp³-hybridized carbons (Fsp3) is 0.500. The van der Waals surface area contributed by atoms with E-state index in [1.54, 1.807) is 21.3 Å². The largest absolute Gasteiger partial charge is 0.493 e. The highest BCUT2D eigenvalue weighted by Gasteiger charge is 2.13. The SMILES string of the molecule is C#CC(CCC)NCc1cc(OC)c(OC)c(OC)c1. The minimum atomic E-state index is 0.0825. The van der Waals surface area contributed by atoms with E-state index in [9.17, 15) is 0 Å². The summed E-state index contributed by atoms with van der Waals surface area (Å²) in [6.45, 7) is 2.77. The summed E-state index contributed by atoms with van der Waals surface area (Å²) in [4.78, 5) is 0. The van der Waals surface area contributed by atoms with Crippen LogP contribution in [0, 0.1) is 12.3 Å². The van der Waals surface area contributed by atoms with Gasteiger partial charge in [-0.25, -0.2) is 0 Å². The van der Waals surface area contributed by atoms with Crippen LogP contribution < -0.4 is 19.5 Å². The van der Waals surface area contributed by atoms with Crippen molar-refractivity contribution in [3.63, 3.8) is 0 Å². The van der Waals surface area contributed by atoms with Gasteiger partial charge in [0, 0.05) is 6.54 Å². The smallest absolute Gasteiger partial charge is 0.203 e. The van der Waals surface area contributed by atoms with Crippen LogP contribution in [0.25, 0.3) is 0 Å². The molecule has 0 bridgehead atoms. The van der Waals surface area contributed by atoms with E-state index in [1.807, 2.05) is 12.1 Å². The first-order valence-electron chi connectivity index (χ1n) is 6.68. The number of methoxy groups -OCH3 is 3. The molecule has 0 saturated heterocycles. The molecule has 1 rings (SSSR count). The van der Waals surface area contributed by atoms with Gasteiger partial charge in [0.1, 0.15) is 0 Å². The summed E-state index contributed by atoms with van der Waals surface area (Å²) >= 11 is 0. The lowest BCUT2D eigenvalue weighted by Crippen LogP contribution is -2.26. The topological polar surface area (TPSA) is 39.7 Å². The van der Waals surface area contributed by atoms with E-state index in [0.29, 0.717) is 23.8 Å². The molecular formula is C16H23NO3. The number of terminal acetylenes is 1. The lowest BCUT2D eigenvalue weighted by Gasteiger charge is -2.16. The van der Waals surface area contributed by atoms with Gasteiger partial charge in [-0.3, -0.25) is 5.32 Å². The molecule has 1 unspecified atom stereocenters. The molecule has 0 fully saturated rings. The molecule has 0 heterocycles. The zero-order valence-corrected chi connectivity index (χ0v) is 12.7. The maximum absolute atomic E-state index is 5.50. The molecule has 0 saturated carbocycles. The second kappa shape index (κ2) is 8.34. The number of rotatable bonds is 8. The van der Waals surface area contributed by atoms with Gasteiger partial charge in [-0.2, -0.15) is 0 Å². The highest BCUT2D eigenvalue weighted by molar-refractivity contribution is 5.53. The molecule has 110 valence electrons. The van der Waals surface area contributed by atoms with Crippen molar-refractivity contribution in [2.45, 2.75) is 32.4 Å². The molecule has 0 spiro atoms. The van der Waals surface area contributed by atoms with Crippen LogP contribution in [0.2, 0.25) is 0 Å². The molecule has 1 N–H and O–H groups in total. The maximum atomic E-state index is 5.50. The van der Waals surface area contributed by atoms with Gasteiger partial charge in [0.25, 0.3) is 0 Å². The summed E-state index contributed by atoms with van der Waals surface area (Å²) in [5.74, 6) is 4.65. The van der Waals surface area contributed by atoms with Crippen LogP contribution in [-0.4, -0.2) is 27.4 Å². The van der Waals surface area contributed by atoms with Crippen molar-refractivity contribution in [1.82, 2.24) is 5.32 Å². The van der Waals surface area contributed by atoms with Crippen LogP contribution in [0.5, 0.6) is 17.2 Å². The van der Waals surface area contributed by atoms with Gasteiger partial charge in [-0.15, -0.1) is 6.42 Å². The summed E-state index contributed by atoms with van der Waals surface area (Å²) in [5.41, 5.74) is 1.04. The number of ether oxygens (including phenoxy) is 3. The van der Waals surface area contributed by atoms with E-state index in [1.165, 1.54) is 0 Å². The van der Waals surface area contributed by atoms with Crippen molar-refractivity contribution in [2.24, 2.45) is 0 Å². The minimum Gasteiger partial charge on any atom is -0.493 e. The lowest BCUT2D eigenvalue weighted by atomic mass is 10.1. The van der Waals surface area contributed by atoms with Crippen LogP contribution in [0.4, 0.5) is 0 Å². The van der Waals surface area contributed by atoms with Crippen molar-refractivity contribution >= 4 is 0 Å². The average Bonchev–Trinajstić information content (AvgIpc) is 2.49. The Hall–Kier alpha value is -1.86. The number of hydrogen-bond acceptors (Lipinski definition) is 4. The Labute approximate surface area is 121 Å². The summed E-state index contributed by atoms with van der Waals surface area (Å²) < 4.78 is 15.9. The van der Waals surface area contributed by atoms with Gasteiger partial charge < -0.3 is 14.2 Å². The standard InChI is InChI=1S/C16H23NO3/c1-6-8-13(7-2)17-11-12-9-14(18-3)16(20-5)15(10-12)19-4/h2,9-10,13,17H,6,8,11H2,1,3-5H3. The third-order valence-electron chi connectivity index (χ3n) is 3.06. The van der Waals surface area contributed by atoms with Crippen LogP contribution in [0.15, 0.2) is 12.1 Å². The van der Waals surface area contributed by atoms with E-state index in [2.05, 4.69) is 18.2 Å². The summed E-state index contributed by atoms with van der Waals surface area (Å²) in [6, 6.07) is 3.93. The second-order valence-electron chi connectivity index (χ2n) is 4.42. The third-order valence-corrected chi connectivity index (χ3v) is 3.06. The Morgan fingerprint density at radius 3 is 2.15 bits per heavy atom. The van der Waals surface area contributed by atoms with E-state index in [0.717, 1.165) is 18.4 Å². The molecule has 1 aromatic rings. The molecule has 0 aliphatic rings. The van der Waals surface area contributed by atoms with Crippen molar-refractivity contribution in [2.75, 3.05) is 21.3 Å². The molecule has 0 radical (unpaired) electrons. The Kier molecular flexibility index (Phi) is 6.75. The Balaban J connectivity index is 2.88. The van der Waals surface area contributed by atoms with Gasteiger partial charge in [-0.05, 0) is 24.1 Å². The molecule has 20 heavy (non-hydrogen) atoms. The van der Waals surface area contributed by atoms with Gasteiger partial charge in [0.15, 0.2) is 11.5 Å². The summed E-state index contributed by atoms with van der Waals surface area (Å²) in [6.07, 6.45) is 7.51. The van der Waals surface area contributed by atoms with Gasteiger partial charge in [0.2, 0.25) is 5.75 Å². The van der Waals surface area contributed by atoms with Crippen molar-refractivity contribution < 1.29 is 14.2 Å². The summed E-state index contributed by atoms with van der Waals surface area (Å²) in [5, 5.41) is 3.34. The Morgan fingerprint density at radius 1 is 1.15 bits per heavy atom. The average molecular weight is 277 g/mol. The molecule has 1 atom stereocenters. The fourth-order valence-electron chi connectivity index (χ4n) is 2.01. The van der Waals surface area contributed by atoms with Gasteiger partial charge in [-0.1, -0.05) is 19.3 Å². The molecule has 0 aromatic heterocycles. The maximum Gasteiger partial charge on any atom is 0.203 e. The number of hydrogen-bond donors (Lipinski definition) is 1. The fourth-order valence-corrected chi connectivity index (χ4v) is 2.01.